The quantitative estimate of drug-likeness (QED) is 0.498. The van der Waals surface area contributed by atoms with Gasteiger partial charge in [0.1, 0.15) is 0 Å². The second-order valence-electron chi connectivity index (χ2n) is 1.11. The zero-order valence-corrected chi connectivity index (χ0v) is 7.45. The largest absolute Gasteiger partial charge is 0.187 e. The molecule has 8 heavy (non-hydrogen) atoms. The molecule has 0 unspecified atom stereocenters. The summed E-state index contributed by atoms with van der Waals surface area (Å²) in [5.74, 6) is 0. The Kier molecular flexibility index (Phi) is 8.81. The molecule has 0 saturated heterocycles. The summed E-state index contributed by atoms with van der Waals surface area (Å²) in [6.45, 7) is 3.44. The first kappa shape index (κ1) is 12.5. The van der Waals surface area contributed by atoms with Crippen molar-refractivity contribution in [2.45, 2.75) is 4.73 Å². The molecule has 0 atom stereocenters. The molecular weight excluding hydrogens is 217 g/mol. The maximum absolute atomic E-state index is 5.48. The molecule has 0 spiro atoms. The second-order valence-corrected chi connectivity index (χ2v) is 14.0. The molecule has 0 amide bonds. The first-order valence-corrected chi connectivity index (χ1v) is 9.29. The summed E-state index contributed by atoms with van der Waals surface area (Å²) in [6.07, 6.45) is 1.65. The van der Waals surface area contributed by atoms with Crippen LogP contribution < -0.4 is 0 Å². The molecule has 0 nitrogen and oxygen atoms in total. The molecule has 0 radical (unpaired) electrons. The van der Waals surface area contributed by atoms with Gasteiger partial charge in [0.25, 0.3) is 0 Å². The van der Waals surface area contributed by atoms with E-state index in [4.69, 9.17) is 27.9 Å². The first-order chi connectivity index (χ1) is 3.06. The third-order valence-electron chi connectivity index (χ3n) is 0.376. The maximum Gasteiger partial charge on any atom is 0.187 e. The summed E-state index contributed by atoms with van der Waals surface area (Å²) in [7, 11) is 16.4. The van der Waals surface area contributed by atoms with E-state index < -0.39 is 13.4 Å². The predicted octanol–water partition coefficient (Wildman–Crippen LogP) is 2.02. The fourth-order valence-electron chi connectivity index (χ4n) is 0.164. The Morgan fingerprint density at radius 1 is 1.38 bits per heavy atom. The van der Waals surface area contributed by atoms with Crippen molar-refractivity contribution >= 4 is 45.3 Å². The Balaban J connectivity index is 0. The summed E-state index contributed by atoms with van der Waals surface area (Å²) in [4.78, 5) is 0. The Bertz CT molecular complexity index is 69.4. The third kappa shape index (κ3) is 10.8. The minimum Gasteiger partial charge on any atom is 0.187 e. The molecule has 48 valence electrons. The molecule has 0 rings (SSSR count). The first-order valence-electron chi connectivity index (χ1n) is 1.74. The summed E-state index contributed by atoms with van der Waals surface area (Å²) in [5.41, 5.74) is 0. The van der Waals surface area contributed by atoms with Crippen LogP contribution in [0.25, 0.3) is 0 Å². The van der Waals surface area contributed by atoms with Gasteiger partial charge in [-0.05, 0) is 0 Å². The molecule has 0 aliphatic rings. The fourth-order valence-corrected chi connectivity index (χ4v) is 2.02. The molecule has 0 saturated carbocycles. The van der Waals surface area contributed by atoms with Gasteiger partial charge in [-0.1, -0.05) is 0 Å². The van der Waals surface area contributed by atoms with Gasteiger partial charge < -0.3 is 0 Å². The van der Waals surface area contributed by atoms with Crippen molar-refractivity contribution in [2.24, 2.45) is 0 Å². The van der Waals surface area contributed by atoms with Gasteiger partial charge in [-0.25, -0.2) is 0 Å². The normalized spacial score (nSPS) is 9.88. The van der Waals surface area contributed by atoms with Crippen LogP contribution in [0, 0.1) is 0 Å². The molecule has 0 aromatic rings. The van der Waals surface area contributed by atoms with E-state index in [1.165, 1.54) is 0 Å². The predicted molar refractivity (Wildman–Crippen MR) is 42.5 cm³/mol. The maximum atomic E-state index is 5.48. The number of allylic oxidation sites excluding steroid dienone is 1. The van der Waals surface area contributed by atoms with E-state index in [0.29, 0.717) is 4.73 Å². The molecule has 0 aromatic carbocycles. The Hall–Kier alpha value is 1.86. The van der Waals surface area contributed by atoms with Crippen LogP contribution >= 0.6 is 27.9 Å². The molecule has 0 heterocycles. The second kappa shape index (κ2) is 5.63. The average molecular weight is 225 g/mol. The van der Waals surface area contributed by atoms with Gasteiger partial charge in [-0.15, -0.1) is 0 Å². The molecule has 5 heteroatoms. The van der Waals surface area contributed by atoms with Crippen molar-refractivity contribution in [3.8, 4) is 0 Å². The SMILES string of the molecule is C=C[CH2][Ti]([Cl])([Cl])[Cl].[AlH3]. The van der Waals surface area contributed by atoms with Crippen molar-refractivity contribution in [1.82, 2.24) is 0 Å². The topological polar surface area (TPSA) is 0 Å². The van der Waals surface area contributed by atoms with Crippen LogP contribution in [0.3, 0.4) is 0 Å². The zero-order chi connectivity index (χ0) is 5.91. The van der Waals surface area contributed by atoms with Crippen LogP contribution in [0.2, 0.25) is 4.73 Å². The summed E-state index contributed by atoms with van der Waals surface area (Å²) in [6, 6.07) is 0. The van der Waals surface area contributed by atoms with Crippen LogP contribution in [0.5, 0.6) is 0 Å². The van der Waals surface area contributed by atoms with E-state index >= 15 is 0 Å². The standard InChI is InChI=1S/C3H5.Al.3ClH.Ti.3H/c1-3-2;;;;;;;;/h3H,1-2H2;;3*1H;;;;/q;;;;;+3;;;/p-3. The number of hydrogen-bond donors (Lipinski definition) is 0. The zero-order valence-electron chi connectivity index (χ0n) is 3.63. The van der Waals surface area contributed by atoms with E-state index in [0.717, 1.165) is 0 Å². The Morgan fingerprint density at radius 3 is 1.75 bits per heavy atom. The monoisotopic (exact) mass is 224 g/mol. The van der Waals surface area contributed by atoms with Crippen LogP contribution in [0.15, 0.2) is 12.7 Å². The average Bonchev–Trinajstić information content (AvgIpc) is 1.30. The summed E-state index contributed by atoms with van der Waals surface area (Å²) >= 11 is -2.78. The smallest absolute Gasteiger partial charge is 0.187 e. The van der Waals surface area contributed by atoms with Gasteiger partial charge in [0.05, 0.1) is 0 Å². The van der Waals surface area contributed by atoms with Gasteiger partial charge in [0.15, 0.2) is 17.4 Å². The fraction of sp³-hybridized carbons (Fsp3) is 0.333. The number of halogens is 3. The summed E-state index contributed by atoms with van der Waals surface area (Å²) in [5, 5.41) is 0. The van der Waals surface area contributed by atoms with Crippen molar-refractivity contribution < 1.29 is 13.4 Å². The van der Waals surface area contributed by atoms with Crippen molar-refractivity contribution in [3.63, 3.8) is 0 Å². The minimum atomic E-state index is -2.78. The van der Waals surface area contributed by atoms with Gasteiger partial charge in [-0.3, -0.25) is 0 Å². The minimum absolute atomic E-state index is 0. The van der Waals surface area contributed by atoms with E-state index in [-0.39, 0.29) is 17.4 Å². The van der Waals surface area contributed by atoms with Crippen LogP contribution in [0.4, 0.5) is 0 Å². The van der Waals surface area contributed by atoms with Gasteiger partial charge in [-0.2, -0.15) is 0 Å². The van der Waals surface area contributed by atoms with Gasteiger partial charge >= 0.3 is 58.7 Å². The molecule has 0 fully saturated rings. The van der Waals surface area contributed by atoms with Crippen LogP contribution in [-0.4, -0.2) is 17.4 Å². The molecule has 0 aliphatic carbocycles. The number of rotatable bonds is 2. The molecule has 0 aromatic heterocycles. The van der Waals surface area contributed by atoms with Crippen molar-refractivity contribution in [2.75, 3.05) is 0 Å². The van der Waals surface area contributed by atoms with E-state index in [1.807, 2.05) is 0 Å². The third-order valence-corrected chi connectivity index (χ3v) is 3.46. The van der Waals surface area contributed by atoms with Crippen LogP contribution in [0.1, 0.15) is 0 Å². The number of hydrogen-bond acceptors (Lipinski definition) is 0. The molecule has 0 aliphatic heterocycles. The Morgan fingerprint density at radius 2 is 1.75 bits per heavy atom. The van der Waals surface area contributed by atoms with Gasteiger partial charge in [0, 0.05) is 0 Å². The molecule has 0 N–H and O–H groups in total. The molecule has 0 bridgehead atoms. The van der Waals surface area contributed by atoms with E-state index in [9.17, 15) is 0 Å². The Labute approximate surface area is 75.3 Å². The van der Waals surface area contributed by atoms with E-state index in [2.05, 4.69) is 6.58 Å². The van der Waals surface area contributed by atoms with E-state index in [1.54, 1.807) is 6.08 Å². The van der Waals surface area contributed by atoms with Crippen LogP contribution in [-0.2, 0) is 13.4 Å². The van der Waals surface area contributed by atoms with Crippen molar-refractivity contribution in [3.05, 3.63) is 12.7 Å². The summed E-state index contributed by atoms with van der Waals surface area (Å²) < 4.78 is 0.588. The van der Waals surface area contributed by atoms with Crippen molar-refractivity contribution in [1.29, 1.82) is 0 Å². The molecular formula is C3H8AlCl3Ti. The van der Waals surface area contributed by atoms with Gasteiger partial charge in [0.2, 0.25) is 0 Å².